The second-order valence-corrected chi connectivity index (χ2v) is 9.34. The molecule has 6 nitrogen and oxygen atoms in total. The molecule has 0 fully saturated rings. The summed E-state index contributed by atoms with van der Waals surface area (Å²) in [7, 11) is -4.31. The highest BCUT2D eigenvalue weighted by atomic mass is 32.2. The molecule has 0 saturated carbocycles. The summed E-state index contributed by atoms with van der Waals surface area (Å²) in [5.74, 6) is -0.0637. The number of aryl methyl sites for hydroxylation is 1. The highest BCUT2D eigenvalue weighted by Gasteiger charge is 2.30. The zero-order valence-corrected chi connectivity index (χ0v) is 20.1. The van der Waals surface area contributed by atoms with Crippen LogP contribution in [0.1, 0.15) is 38.2 Å². The molecule has 0 radical (unpaired) electrons. The Labute approximate surface area is 201 Å². The average Bonchev–Trinajstić information content (AvgIpc) is 2.85. The number of rotatable bonds is 13. The van der Waals surface area contributed by atoms with Crippen molar-refractivity contribution in [3.05, 3.63) is 90.5 Å². The Morgan fingerprint density at radius 1 is 0.853 bits per heavy atom. The van der Waals surface area contributed by atoms with Crippen molar-refractivity contribution < 1.29 is 26.9 Å². The summed E-state index contributed by atoms with van der Waals surface area (Å²) < 4.78 is 42.9. The molecule has 0 bridgehead atoms. The normalized spacial score (nSPS) is 12.1. The minimum Gasteiger partial charge on any atom is -0.464 e. The van der Waals surface area contributed by atoms with Gasteiger partial charge in [0.2, 0.25) is 0 Å². The summed E-state index contributed by atoms with van der Waals surface area (Å²) in [6.07, 6.45) is 1.78. The Hall–Kier alpha value is -3.16. The van der Waals surface area contributed by atoms with Crippen molar-refractivity contribution in [3.63, 3.8) is 0 Å². The lowest BCUT2D eigenvalue weighted by molar-refractivity contribution is -0.152. The van der Waals surface area contributed by atoms with Crippen LogP contribution in [0.3, 0.4) is 0 Å². The monoisotopic (exact) mass is 482 g/mol. The van der Waals surface area contributed by atoms with Crippen molar-refractivity contribution in [2.45, 2.75) is 50.0 Å². The van der Waals surface area contributed by atoms with Crippen LogP contribution >= 0.6 is 0 Å². The summed E-state index contributed by atoms with van der Waals surface area (Å²) >= 11 is 0. The molecule has 0 aromatic heterocycles. The first-order chi connectivity index (χ1) is 16.5. The van der Waals surface area contributed by atoms with Gasteiger partial charge in [0.05, 0.1) is 6.61 Å². The van der Waals surface area contributed by atoms with Crippen LogP contribution in [-0.4, -0.2) is 27.1 Å². The fourth-order valence-corrected chi connectivity index (χ4v) is 4.50. The van der Waals surface area contributed by atoms with Crippen molar-refractivity contribution >= 4 is 16.1 Å². The molecule has 7 heteroatoms. The molecule has 0 aliphatic heterocycles. The maximum Gasteiger partial charge on any atom is 0.336 e. The lowest BCUT2D eigenvalue weighted by Gasteiger charge is -2.18. The third-order valence-electron chi connectivity index (χ3n) is 5.11. The van der Waals surface area contributed by atoms with E-state index in [1.165, 1.54) is 6.07 Å². The van der Waals surface area contributed by atoms with E-state index >= 15 is 0 Å². The Morgan fingerprint density at radius 2 is 1.50 bits per heavy atom. The molecule has 0 aliphatic rings. The van der Waals surface area contributed by atoms with Crippen LogP contribution in [-0.2, 0) is 30.3 Å². The van der Waals surface area contributed by atoms with E-state index in [0.29, 0.717) is 25.0 Å². The van der Waals surface area contributed by atoms with Crippen LogP contribution in [0.15, 0.2) is 89.8 Å². The molecule has 0 N–H and O–H groups in total. The Kier molecular flexibility index (Phi) is 9.67. The number of hydrogen-bond donors (Lipinski definition) is 0. The van der Waals surface area contributed by atoms with Gasteiger partial charge < -0.3 is 9.47 Å². The molecule has 180 valence electrons. The summed E-state index contributed by atoms with van der Waals surface area (Å²) in [6.45, 7) is 2.21. The quantitative estimate of drug-likeness (QED) is 0.171. The first-order valence-electron chi connectivity index (χ1n) is 11.5. The number of unbranched alkanes of at least 4 members (excludes halogenated alkanes) is 1. The number of para-hydroxylation sites is 2. The molecule has 0 amide bonds. The van der Waals surface area contributed by atoms with Gasteiger partial charge in [-0.05, 0) is 55.5 Å². The first kappa shape index (κ1) is 25.5. The van der Waals surface area contributed by atoms with Gasteiger partial charge in [-0.25, -0.2) is 4.79 Å². The third kappa shape index (κ3) is 7.71. The van der Waals surface area contributed by atoms with Gasteiger partial charge in [-0.15, -0.1) is 0 Å². The van der Waals surface area contributed by atoms with Crippen LogP contribution < -0.4 is 4.74 Å². The average molecular weight is 483 g/mol. The molecule has 34 heavy (non-hydrogen) atoms. The first-order valence-corrected chi connectivity index (χ1v) is 12.9. The fraction of sp³-hybridized carbons (Fsp3) is 0.296. The van der Waals surface area contributed by atoms with Gasteiger partial charge in [0.25, 0.3) is 0 Å². The number of esters is 1. The number of hydrogen-bond acceptors (Lipinski definition) is 6. The second-order valence-electron chi connectivity index (χ2n) is 7.80. The van der Waals surface area contributed by atoms with E-state index in [-0.39, 0.29) is 23.7 Å². The third-order valence-corrected chi connectivity index (χ3v) is 6.47. The van der Waals surface area contributed by atoms with Crippen LogP contribution in [0.2, 0.25) is 0 Å². The number of benzene rings is 3. The molecule has 0 spiro atoms. The van der Waals surface area contributed by atoms with Crippen LogP contribution in [0.4, 0.5) is 0 Å². The Balaban J connectivity index is 1.76. The van der Waals surface area contributed by atoms with E-state index < -0.39 is 22.2 Å². The summed E-state index contributed by atoms with van der Waals surface area (Å²) in [6, 6.07) is 24.9. The zero-order valence-electron chi connectivity index (χ0n) is 19.3. The summed E-state index contributed by atoms with van der Waals surface area (Å²) in [5.41, 5.74) is 1.10. The topological polar surface area (TPSA) is 78.9 Å². The molecule has 3 aromatic rings. The number of ether oxygens (including phenoxy) is 2. The Bertz CT molecular complexity index is 1130. The lowest BCUT2D eigenvalue weighted by atomic mass is 10.1. The summed E-state index contributed by atoms with van der Waals surface area (Å²) in [5, 5.41) is 0. The van der Waals surface area contributed by atoms with Gasteiger partial charge in [0, 0.05) is 0 Å². The van der Waals surface area contributed by atoms with Gasteiger partial charge >= 0.3 is 16.1 Å². The molecular weight excluding hydrogens is 452 g/mol. The van der Waals surface area contributed by atoms with Crippen molar-refractivity contribution in [1.82, 2.24) is 0 Å². The van der Waals surface area contributed by atoms with E-state index in [4.69, 9.17) is 13.7 Å². The number of carbonyl (C=O) groups excluding carboxylic acids is 1. The van der Waals surface area contributed by atoms with Crippen LogP contribution in [0.5, 0.6) is 11.5 Å². The number of carbonyl (C=O) groups is 1. The molecule has 0 aliphatic carbocycles. The van der Waals surface area contributed by atoms with Crippen molar-refractivity contribution in [3.8, 4) is 11.5 Å². The van der Waals surface area contributed by atoms with Gasteiger partial charge in [0.1, 0.15) is 16.4 Å². The molecule has 0 heterocycles. The molecule has 1 atom stereocenters. The van der Waals surface area contributed by atoms with Crippen molar-refractivity contribution in [2.24, 2.45) is 0 Å². The van der Waals surface area contributed by atoms with E-state index in [9.17, 15) is 13.2 Å². The maximum atomic E-state index is 13.2. The zero-order chi connectivity index (χ0) is 24.2. The van der Waals surface area contributed by atoms with Crippen molar-refractivity contribution in [1.29, 1.82) is 0 Å². The van der Waals surface area contributed by atoms with Crippen LogP contribution in [0.25, 0.3) is 0 Å². The standard InChI is InChI=1S/C27H30O6S/c1-2-3-21-31-27(28)25(19-12-15-22-13-6-4-7-14-22)33-34(29,30)26-20-11-10-18-24(26)32-23-16-8-5-9-17-23/h4-11,13-14,16-18,20,25H,2-3,12,15,19,21H2,1H3/t25-/m1/s1. The van der Waals surface area contributed by atoms with E-state index in [1.807, 2.05) is 43.3 Å². The maximum absolute atomic E-state index is 13.2. The molecule has 0 saturated heterocycles. The van der Waals surface area contributed by atoms with E-state index in [2.05, 4.69) is 0 Å². The largest absolute Gasteiger partial charge is 0.464 e. The van der Waals surface area contributed by atoms with Crippen LogP contribution in [0, 0.1) is 0 Å². The van der Waals surface area contributed by atoms with Gasteiger partial charge in [-0.1, -0.05) is 74.0 Å². The minimum atomic E-state index is -4.31. The van der Waals surface area contributed by atoms with Gasteiger partial charge in [-0.3, -0.25) is 4.18 Å². The van der Waals surface area contributed by atoms with Gasteiger partial charge in [0.15, 0.2) is 6.10 Å². The van der Waals surface area contributed by atoms with E-state index in [0.717, 1.165) is 12.0 Å². The van der Waals surface area contributed by atoms with Gasteiger partial charge in [-0.2, -0.15) is 8.42 Å². The SMILES string of the molecule is CCCCOC(=O)[C@@H](CCCc1ccccc1)OS(=O)(=O)c1ccccc1Oc1ccccc1. The molecular formula is C27H30O6S. The molecule has 3 aromatic carbocycles. The lowest BCUT2D eigenvalue weighted by Crippen LogP contribution is -2.30. The predicted octanol–water partition coefficient (Wildman–Crippen LogP) is 5.92. The highest BCUT2D eigenvalue weighted by Crippen LogP contribution is 2.30. The summed E-state index contributed by atoms with van der Waals surface area (Å²) in [4.78, 5) is 12.6. The fourth-order valence-electron chi connectivity index (χ4n) is 3.31. The second kappa shape index (κ2) is 12.9. The Morgan fingerprint density at radius 3 is 2.21 bits per heavy atom. The molecule has 0 unspecified atom stereocenters. The smallest absolute Gasteiger partial charge is 0.336 e. The van der Waals surface area contributed by atoms with Crippen molar-refractivity contribution in [2.75, 3.05) is 6.61 Å². The predicted molar refractivity (Wildman–Crippen MR) is 130 cm³/mol. The van der Waals surface area contributed by atoms with E-state index in [1.54, 1.807) is 42.5 Å². The molecule has 3 rings (SSSR count). The minimum absolute atomic E-state index is 0.121. The highest BCUT2D eigenvalue weighted by molar-refractivity contribution is 7.87.